The average molecular weight is 153 g/mol. The van der Waals surface area contributed by atoms with Crippen LogP contribution in [0.5, 0.6) is 0 Å². The smallest absolute Gasteiger partial charge is 0.299 e. The third-order valence-corrected chi connectivity index (χ3v) is 0.789. The summed E-state index contributed by atoms with van der Waals surface area (Å²) in [5.41, 5.74) is 0. The zero-order valence-corrected chi connectivity index (χ0v) is 6.16. The summed E-state index contributed by atoms with van der Waals surface area (Å²) in [6.45, 7) is 0. The summed E-state index contributed by atoms with van der Waals surface area (Å²) < 4.78 is 3.54. The maximum Gasteiger partial charge on any atom is 0.299 e. The van der Waals surface area contributed by atoms with Gasteiger partial charge in [0.2, 0.25) is 0 Å². The van der Waals surface area contributed by atoms with E-state index in [1.165, 1.54) is 6.26 Å². The Morgan fingerprint density at radius 3 is 1.30 bits per heavy atom. The summed E-state index contributed by atoms with van der Waals surface area (Å²) in [4.78, 5) is 0. The molecule has 1 aromatic carbocycles. The van der Waals surface area contributed by atoms with Crippen molar-refractivity contribution >= 4 is 12.9 Å². The van der Waals surface area contributed by atoms with E-state index in [0.29, 0.717) is 0 Å². The van der Waals surface area contributed by atoms with Crippen LogP contribution in [-0.4, -0.2) is 0 Å². The molecule has 0 spiro atoms. The van der Waals surface area contributed by atoms with Crippen LogP contribution in [0.1, 0.15) is 0 Å². The molecule has 1 rings (SSSR count). The van der Waals surface area contributed by atoms with Gasteiger partial charge in [-0.05, 0) is 0 Å². The summed E-state index contributed by atoms with van der Waals surface area (Å²) in [5.74, 6) is 0. The second-order valence-electron chi connectivity index (χ2n) is 1.34. The van der Waals surface area contributed by atoms with Crippen molar-refractivity contribution in [3.8, 4) is 6.26 Å². The van der Waals surface area contributed by atoms with Gasteiger partial charge in [0.1, 0.15) is 0 Å². The molecule has 0 saturated carbocycles. The zero-order valence-electron chi connectivity index (χ0n) is 5.27. The molecular weight excluding hydrogens is 146 g/mol. The Kier molecular flexibility index (Phi) is 6.96. The van der Waals surface area contributed by atoms with Crippen LogP contribution < -0.4 is 0 Å². The number of thiol groups is 1. The summed E-state index contributed by atoms with van der Waals surface area (Å²) in [6, 6.07) is 12.0. The van der Waals surface area contributed by atoms with Crippen LogP contribution in [0.3, 0.4) is 0 Å². The summed E-state index contributed by atoms with van der Waals surface area (Å²) in [7, 11) is 0. The Morgan fingerprint density at radius 1 is 1.00 bits per heavy atom. The van der Waals surface area contributed by atoms with Crippen LogP contribution in [-0.2, 0) is 4.18 Å². The summed E-state index contributed by atoms with van der Waals surface area (Å²) >= 11 is 3.06. The summed E-state index contributed by atoms with van der Waals surface area (Å²) in [5, 5.41) is 7.33. The highest BCUT2D eigenvalue weighted by Crippen LogP contribution is 1.79. The van der Waals surface area contributed by atoms with E-state index in [-0.39, 0.29) is 0 Å². The van der Waals surface area contributed by atoms with E-state index in [4.69, 9.17) is 5.26 Å². The molecule has 0 aromatic heterocycles. The Balaban J connectivity index is 0.000000180. The third kappa shape index (κ3) is 6.86. The normalized spacial score (nSPS) is 6.40. The lowest BCUT2D eigenvalue weighted by Crippen LogP contribution is -1.47. The first kappa shape index (κ1) is 8.86. The third-order valence-electron chi connectivity index (χ3n) is 0.707. The van der Waals surface area contributed by atoms with Crippen molar-refractivity contribution in [2.45, 2.75) is 0 Å². The van der Waals surface area contributed by atoms with Gasteiger partial charge in [0.25, 0.3) is 6.26 Å². The van der Waals surface area contributed by atoms with Gasteiger partial charge in [0.15, 0.2) is 0 Å². The van der Waals surface area contributed by atoms with Crippen molar-refractivity contribution in [1.82, 2.24) is 0 Å². The monoisotopic (exact) mass is 153 g/mol. The lowest BCUT2D eigenvalue weighted by molar-refractivity contribution is 0.607. The number of benzene rings is 1. The predicted molar refractivity (Wildman–Crippen MR) is 42.1 cm³/mol. The number of hydrogen-bond donors (Lipinski definition) is 1. The highest BCUT2D eigenvalue weighted by Gasteiger charge is 1.57. The van der Waals surface area contributed by atoms with E-state index in [9.17, 15) is 0 Å². The van der Waals surface area contributed by atoms with Crippen LogP contribution in [0.15, 0.2) is 36.4 Å². The van der Waals surface area contributed by atoms with E-state index in [0.717, 1.165) is 0 Å². The first-order valence-electron chi connectivity index (χ1n) is 2.61. The minimum Gasteiger partial charge on any atom is -0.356 e. The van der Waals surface area contributed by atoms with Gasteiger partial charge in [-0.1, -0.05) is 36.4 Å². The van der Waals surface area contributed by atoms with Gasteiger partial charge in [-0.15, -0.1) is 5.26 Å². The second-order valence-corrected chi connectivity index (χ2v) is 1.52. The fraction of sp³-hybridized carbons (Fsp3) is 0. The molecule has 2 nitrogen and oxygen atoms in total. The second kappa shape index (κ2) is 7.86. The van der Waals surface area contributed by atoms with Gasteiger partial charge < -0.3 is 4.18 Å². The minimum absolute atomic E-state index is 1.29. The Labute approximate surface area is 65.7 Å². The topological polar surface area (TPSA) is 33.0 Å². The van der Waals surface area contributed by atoms with Crippen molar-refractivity contribution in [2.24, 2.45) is 0 Å². The highest BCUT2D eigenvalue weighted by atomic mass is 32.1. The van der Waals surface area contributed by atoms with E-state index < -0.39 is 0 Å². The molecule has 0 fully saturated rings. The average Bonchev–Trinajstić information content (AvgIpc) is 2.08. The Bertz CT molecular complexity index is 156. The molecule has 52 valence electrons. The molecule has 3 heteroatoms. The van der Waals surface area contributed by atoms with Crippen LogP contribution in [0.25, 0.3) is 0 Å². The molecule has 0 aliphatic carbocycles. The van der Waals surface area contributed by atoms with Crippen molar-refractivity contribution < 1.29 is 4.18 Å². The van der Waals surface area contributed by atoms with Crippen molar-refractivity contribution in [1.29, 1.82) is 5.26 Å². The molecule has 10 heavy (non-hydrogen) atoms. The quantitative estimate of drug-likeness (QED) is 0.351. The molecule has 0 atom stereocenters. The Hall–Kier alpha value is -1.14. The Morgan fingerprint density at radius 2 is 1.20 bits per heavy atom. The van der Waals surface area contributed by atoms with E-state index in [1.807, 2.05) is 36.4 Å². The number of hydrogen-bond acceptors (Lipinski definition) is 3. The van der Waals surface area contributed by atoms with Crippen LogP contribution in [0.2, 0.25) is 0 Å². The number of nitrogens with zero attached hydrogens (tertiary/aromatic N) is 1. The molecule has 0 N–H and O–H groups in total. The van der Waals surface area contributed by atoms with Gasteiger partial charge in [0, 0.05) is 0 Å². The highest BCUT2D eigenvalue weighted by molar-refractivity contribution is 7.75. The van der Waals surface area contributed by atoms with Crippen LogP contribution in [0, 0.1) is 11.5 Å². The summed E-state index contributed by atoms with van der Waals surface area (Å²) in [6.07, 6.45) is 1.29. The van der Waals surface area contributed by atoms with Gasteiger partial charge >= 0.3 is 0 Å². The zero-order chi connectivity index (χ0) is 7.66. The molecule has 0 heterocycles. The molecule has 0 bridgehead atoms. The predicted octanol–water partition coefficient (Wildman–Crippen LogP) is 2.02. The fourth-order valence-electron chi connectivity index (χ4n) is 0.385. The largest absolute Gasteiger partial charge is 0.356 e. The van der Waals surface area contributed by atoms with Crippen molar-refractivity contribution in [3.63, 3.8) is 0 Å². The molecule has 0 aliphatic heterocycles. The minimum atomic E-state index is 1.29. The SMILES string of the molecule is N#COS.c1ccccc1. The van der Waals surface area contributed by atoms with Crippen molar-refractivity contribution in [3.05, 3.63) is 36.4 Å². The molecule has 0 radical (unpaired) electrons. The van der Waals surface area contributed by atoms with Crippen molar-refractivity contribution in [2.75, 3.05) is 0 Å². The molecule has 0 aliphatic rings. The maximum atomic E-state index is 7.33. The first-order chi connectivity index (χ1) is 4.91. The van der Waals surface area contributed by atoms with Gasteiger partial charge in [-0.2, -0.15) is 0 Å². The molecule has 0 saturated heterocycles. The molecule has 0 unspecified atom stereocenters. The first-order valence-corrected chi connectivity index (χ1v) is 2.98. The van der Waals surface area contributed by atoms with Crippen LogP contribution in [0.4, 0.5) is 0 Å². The molecule has 0 amide bonds. The molecule has 1 aromatic rings. The van der Waals surface area contributed by atoms with Gasteiger partial charge in [-0.25, -0.2) is 0 Å². The fourth-order valence-corrected chi connectivity index (χ4v) is 0.385. The van der Waals surface area contributed by atoms with Gasteiger partial charge in [0.05, 0.1) is 12.9 Å². The van der Waals surface area contributed by atoms with Crippen LogP contribution >= 0.6 is 12.9 Å². The lowest BCUT2D eigenvalue weighted by Gasteiger charge is -1.69. The van der Waals surface area contributed by atoms with E-state index >= 15 is 0 Å². The van der Waals surface area contributed by atoms with Gasteiger partial charge in [-0.3, -0.25) is 0 Å². The van der Waals surface area contributed by atoms with E-state index in [2.05, 4.69) is 17.1 Å². The molecular formula is C7H7NOS. The number of nitriles is 1. The standard InChI is InChI=1S/C6H6.CHNOS/c1-2-4-6-5-3-1;2-1-3-4/h1-6H;4H. The maximum absolute atomic E-state index is 7.33. The van der Waals surface area contributed by atoms with E-state index in [1.54, 1.807) is 0 Å². The lowest BCUT2D eigenvalue weighted by atomic mass is 10.4. The number of rotatable bonds is 0.